The van der Waals surface area contributed by atoms with Gasteiger partial charge in [0.25, 0.3) is 0 Å². The molecule has 0 spiro atoms. The van der Waals surface area contributed by atoms with Crippen molar-refractivity contribution >= 4 is 17.2 Å². The third-order valence-electron chi connectivity index (χ3n) is 2.72. The molecule has 0 saturated heterocycles. The van der Waals surface area contributed by atoms with E-state index in [9.17, 15) is 4.79 Å². The molecule has 18 heavy (non-hydrogen) atoms. The van der Waals surface area contributed by atoms with Gasteiger partial charge in [-0.2, -0.15) is 0 Å². The van der Waals surface area contributed by atoms with Crippen molar-refractivity contribution in [2.24, 2.45) is 5.73 Å². The molecule has 0 fully saturated rings. The van der Waals surface area contributed by atoms with Crippen LogP contribution in [0.25, 0.3) is 0 Å². The Morgan fingerprint density at radius 2 is 2.39 bits per heavy atom. The van der Waals surface area contributed by atoms with Gasteiger partial charge < -0.3 is 15.4 Å². The van der Waals surface area contributed by atoms with Crippen molar-refractivity contribution in [1.82, 2.24) is 4.90 Å². The summed E-state index contributed by atoms with van der Waals surface area (Å²) in [6.45, 7) is 3.78. The molecule has 1 unspecified atom stereocenters. The van der Waals surface area contributed by atoms with Gasteiger partial charge in [-0.25, -0.2) is 0 Å². The van der Waals surface area contributed by atoms with Gasteiger partial charge in [0.1, 0.15) is 0 Å². The summed E-state index contributed by atoms with van der Waals surface area (Å²) < 4.78 is 5.05. The summed E-state index contributed by atoms with van der Waals surface area (Å²) in [5.41, 5.74) is 5.90. The van der Waals surface area contributed by atoms with Crippen molar-refractivity contribution < 1.29 is 9.53 Å². The van der Waals surface area contributed by atoms with Crippen LogP contribution in [0.2, 0.25) is 0 Å². The van der Waals surface area contributed by atoms with Crippen LogP contribution in [-0.4, -0.2) is 37.1 Å². The number of carbonyl (C=O) groups is 1. The number of carbonyl (C=O) groups excluding carboxylic acids is 1. The highest BCUT2D eigenvalue weighted by Crippen LogP contribution is 2.13. The summed E-state index contributed by atoms with van der Waals surface area (Å²) in [6, 6.07) is 3.63. The van der Waals surface area contributed by atoms with Crippen LogP contribution in [-0.2, 0) is 16.1 Å². The zero-order valence-electron chi connectivity index (χ0n) is 11.1. The first-order valence-electron chi connectivity index (χ1n) is 6.24. The van der Waals surface area contributed by atoms with Gasteiger partial charge in [0.15, 0.2) is 0 Å². The largest absolute Gasteiger partial charge is 0.383 e. The molecule has 0 saturated carbocycles. The molecule has 2 N–H and O–H groups in total. The van der Waals surface area contributed by atoms with Crippen LogP contribution in [0.1, 0.15) is 24.6 Å². The number of nitrogens with zero attached hydrogens (tertiary/aromatic N) is 1. The lowest BCUT2D eigenvalue weighted by atomic mass is 10.1. The fraction of sp³-hybridized carbons (Fsp3) is 0.615. The van der Waals surface area contributed by atoms with E-state index in [-0.39, 0.29) is 5.91 Å². The fourth-order valence-corrected chi connectivity index (χ4v) is 2.45. The summed E-state index contributed by atoms with van der Waals surface area (Å²) in [6.07, 6.45) is 1.65. The lowest BCUT2D eigenvalue weighted by Crippen LogP contribution is -2.44. The van der Waals surface area contributed by atoms with E-state index in [1.54, 1.807) is 23.3 Å². The maximum absolute atomic E-state index is 12.2. The quantitative estimate of drug-likeness (QED) is 0.784. The molecule has 0 bridgehead atoms. The zero-order valence-corrected chi connectivity index (χ0v) is 11.9. The Bertz CT molecular complexity index is 341. The number of ether oxygens (including phenoxy) is 1. The van der Waals surface area contributed by atoms with Gasteiger partial charge in [-0.3, -0.25) is 4.79 Å². The average molecular weight is 270 g/mol. The first-order valence-corrected chi connectivity index (χ1v) is 7.12. The summed E-state index contributed by atoms with van der Waals surface area (Å²) in [5.74, 6) is 0.0160. The van der Waals surface area contributed by atoms with E-state index in [1.165, 1.54) is 4.88 Å². The van der Waals surface area contributed by atoms with E-state index in [4.69, 9.17) is 10.5 Å². The topological polar surface area (TPSA) is 55.6 Å². The second-order valence-corrected chi connectivity index (χ2v) is 5.26. The number of amides is 1. The molecule has 1 heterocycles. The molecule has 1 amide bonds. The van der Waals surface area contributed by atoms with Gasteiger partial charge in [-0.15, -0.1) is 11.3 Å². The first kappa shape index (κ1) is 15.1. The van der Waals surface area contributed by atoms with Crippen LogP contribution in [0.3, 0.4) is 0 Å². The maximum atomic E-state index is 12.2. The van der Waals surface area contributed by atoms with Crippen molar-refractivity contribution in [3.05, 3.63) is 22.4 Å². The van der Waals surface area contributed by atoms with Crippen molar-refractivity contribution in [1.29, 1.82) is 0 Å². The van der Waals surface area contributed by atoms with E-state index in [0.717, 1.165) is 12.8 Å². The Balaban J connectivity index is 2.61. The van der Waals surface area contributed by atoms with Crippen LogP contribution in [0.15, 0.2) is 17.5 Å². The summed E-state index contributed by atoms with van der Waals surface area (Å²) in [4.78, 5) is 15.2. The van der Waals surface area contributed by atoms with Crippen molar-refractivity contribution in [2.75, 3.05) is 20.3 Å². The lowest BCUT2D eigenvalue weighted by molar-refractivity contribution is -0.134. The minimum atomic E-state index is -0.396. The van der Waals surface area contributed by atoms with Crippen molar-refractivity contribution in [2.45, 2.75) is 32.4 Å². The van der Waals surface area contributed by atoms with Crippen LogP contribution in [0.4, 0.5) is 0 Å². The van der Waals surface area contributed by atoms with Crippen LogP contribution in [0, 0.1) is 0 Å². The SMILES string of the molecule is CCCC(N)C(=O)N(CCOC)Cc1cccs1. The van der Waals surface area contributed by atoms with Gasteiger partial charge in [0, 0.05) is 18.5 Å². The highest BCUT2D eigenvalue weighted by atomic mass is 32.1. The molecule has 1 aromatic rings. The molecule has 0 radical (unpaired) electrons. The van der Waals surface area contributed by atoms with Gasteiger partial charge in [0.05, 0.1) is 19.2 Å². The molecule has 0 aliphatic carbocycles. The van der Waals surface area contributed by atoms with Crippen LogP contribution < -0.4 is 5.73 Å². The number of hydrogen-bond acceptors (Lipinski definition) is 4. The molecule has 5 heteroatoms. The number of thiophene rings is 1. The second kappa shape index (κ2) is 8.24. The predicted octanol–water partition coefficient (Wildman–Crippen LogP) is 1.85. The van der Waals surface area contributed by atoms with Crippen LogP contribution >= 0.6 is 11.3 Å². The van der Waals surface area contributed by atoms with Crippen LogP contribution in [0.5, 0.6) is 0 Å². The highest BCUT2D eigenvalue weighted by molar-refractivity contribution is 7.09. The second-order valence-electron chi connectivity index (χ2n) is 4.23. The van der Waals surface area contributed by atoms with Gasteiger partial charge in [-0.05, 0) is 17.9 Å². The standard InChI is InChI=1S/C13H22N2O2S/c1-3-5-12(14)13(16)15(7-8-17-2)10-11-6-4-9-18-11/h4,6,9,12H,3,5,7-8,10,14H2,1-2H3. The normalized spacial score (nSPS) is 12.4. The number of rotatable bonds is 8. The molecular formula is C13H22N2O2S. The molecule has 1 rings (SSSR count). The number of nitrogens with two attached hydrogens (primary N) is 1. The molecule has 102 valence electrons. The molecule has 1 atom stereocenters. The summed E-state index contributed by atoms with van der Waals surface area (Å²) >= 11 is 1.65. The summed E-state index contributed by atoms with van der Waals surface area (Å²) in [7, 11) is 1.64. The van der Waals surface area contributed by atoms with E-state index in [2.05, 4.69) is 0 Å². The molecule has 4 nitrogen and oxygen atoms in total. The number of hydrogen-bond donors (Lipinski definition) is 1. The molecule has 0 aliphatic heterocycles. The molecular weight excluding hydrogens is 248 g/mol. The Morgan fingerprint density at radius 1 is 1.61 bits per heavy atom. The zero-order chi connectivity index (χ0) is 13.4. The van der Waals surface area contributed by atoms with E-state index >= 15 is 0 Å². The predicted molar refractivity (Wildman–Crippen MR) is 74.5 cm³/mol. The fourth-order valence-electron chi connectivity index (χ4n) is 1.73. The minimum absolute atomic E-state index is 0.0160. The maximum Gasteiger partial charge on any atom is 0.239 e. The third-order valence-corrected chi connectivity index (χ3v) is 3.58. The third kappa shape index (κ3) is 4.76. The van der Waals surface area contributed by atoms with Crippen molar-refractivity contribution in [3.8, 4) is 0 Å². The van der Waals surface area contributed by atoms with E-state index in [0.29, 0.717) is 19.7 Å². The van der Waals surface area contributed by atoms with Gasteiger partial charge in [0.2, 0.25) is 5.91 Å². The van der Waals surface area contributed by atoms with E-state index < -0.39 is 6.04 Å². The Morgan fingerprint density at radius 3 is 2.94 bits per heavy atom. The lowest BCUT2D eigenvalue weighted by Gasteiger charge is -2.25. The van der Waals surface area contributed by atoms with Gasteiger partial charge in [-0.1, -0.05) is 19.4 Å². The molecule has 0 aromatic carbocycles. The molecule has 1 aromatic heterocycles. The Hall–Kier alpha value is -0.910. The Kier molecular flexibility index (Phi) is 6.93. The molecule has 0 aliphatic rings. The smallest absolute Gasteiger partial charge is 0.239 e. The minimum Gasteiger partial charge on any atom is -0.383 e. The summed E-state index contributed by atoms with van der Waals surface area (Å²) in [5, 5.41) is 2.01. The van der Waals surface area contributed by atoms with E-state index in [1.807, 2.05) is 24.4 Å². The Labute approximate surface area is 113 Å². The number of methoxy groups -OCH3 is 1. The van der Waals surface area contributed by atoms with Gasteiger partial charge >= 0.3 is 0 Å². The first-order chi connectivity index (χ1) is 8.69. The monoisotopic (exact) mass is 270 g/mol. The average Bonchev–Trinajstić information content (AvgIpc) is 2.86. The van der Waals surface area contributed by atoms with Crippen molar-refractivity contribution in [3.63, 3.8) is 0 Å². The highest BCUT2D eigenvalue weighted by Gasteiger charge is 2.20.